The first-order valence-electron chi connectivity index (χ1n) is 9.76. The van der Waals surface area contributed by atoms with Crippen molar-refractivity contribution in [2.75, 3.05) is 31.5 Å². The fourth-order valence-corrected chi connectivity index (χ4v) is 4.62. The van der Waals surface area contributed by atoms with Crippen molar-refractivity contribution in [2.45, 2.75) is 25.9 Å². The second-order valence-corrected chi connectivity index (χ2v) is 9.25. The van der Waals surface area contributed by atoms with Gasteiger partial charge in [-0.2, -0.15) is 0 Å². The van der Waals surface area contributed by atoms with Gasteiger partial charge in [-0.05, 0) is 11.1 Å². The van der Waals surface area contributed by atoms with Crippen LogP contribution in [0.15, 0.2) is 60.7 Å². The van der Waals surface area contributed by atoms with E-state index in [1.54, 1.807) is 0 Å². The van der Waals surface area contributed by atoms with Crippen LogP contribution in [0, 0.1) is 0 Å². The van der Waals surface area contributed by atoms with Crippen LogP contribution >= 0.6 is 30.9 Å². The summed E-state index contributed by atoms with van der Waals surface area (Å²) in [5, 5.41) is 0. The van der Waals surface area contributed by atoms with Crippen LogP contribution in [0.1, 0.15) is 17.5 Å². The zero-order valence-corrected chi connectivity index (χ0v) is 19.3. The van der Waals surface area contributed by atoms with Crippen LogP contribution in [0.4, 0.5) is 0 Å². The molecule has 0 saturated heterocycles. The van der Waals surface area contributed by atoms with Crippen LogP contribution < -0.4 is 5.50 Å². The van der Waals surface area contributed by atoms with E-state index in [1.165, 1.54) is 4.67 Å². The number of alkyl halides is 2. The number of nitrogens with zero attached hydrogens (tertiary/aromatic N) is 1. The van der Waals surface area contributed by atoms with E-state index in [-0.39, 0.29) is 18.4 Å². The fraction of sp³-hybridized carbons (Fsp3) is 0.429. The molecule has 0 aliphatic rings. The first kappa shape index (κ1) is 25.3. The molecule has 9 heteroatoms. The quantitative estimate of drug-likeness (QED) is 0.222. The van der Waals surface area contributed by atoms with E-state index in [9.17, 15) is 4.57 Å². The fourth-order valence-electron chi connectivity index (χ4n) is 2.69. The van der Waals surface area contributed by atoms with Crippen molar-refractivity contribution in [1.82, 2.24) is 4.67 Å². The Balaban J connectivity index is 1.91. The molecule has 0 fully saturated rings. The molecular weight excluding hydrogens is 446 g/mol. The minimum Gasteiger partial charge on any atom is -0.348 e. The summed E-state index contributed by atoms with van der Waals surface area (Å²) >= 11 is 11.5. The van der Waals surface area contributed by atoms with E-state index in [0.29, 0.717) is 32.7 Å². The van der Waals surface area contributed by atoms with Crippen LogP contribution in [0.5, 0.6) is 0 Å². The molecule has 30 heavy (non-hydrogen) atoms. The molecule has 0 unspecified atom stereocenters. The molecule has 0 bridgehead atoms. The monoisotopic (exact) mass is 474 g/mol. The predicted octanol–water partition coefficient (Wildman–Crippen LogP) is 5.00. The SMILES string of the molecule is N[P@@](=O)(OCCC(OCc1ccccc1)OCc1ccccc1)N(CCCl)CCCl. The number of benzene rings is 2. The van der Waals surface area contributed by atoms with Crippen LogP contribution in [-0.2, 0) is 31.8 Å². The van der Waals surface area contributed by atoms with Gasteiger partial charge in [0.1, 0.15) is 0 Å². The Morgan fingerprint density at radius 1 is 0.867 bits per heavy atom. The Bertz CT molecular complexity index is 706. The summed E-state index contributed by atoms with van der Waals surface area (Å²) in [5.74, 6) is 0.564. The summed E-state index contributed by atoms with van der Waals surface area (Å²) in [5.41, 5.74) is 7.98. The maximum absolute atomic E-state index is 12.7. The smallest absolute Gasteiger partial charge is 0.340 e. The van der Waals surface area contributed by atoms with Crippen molar-refractivity contribution in [2.24, 2.45) is 5.50 Å². The Kier molecular flexibility index (Phi) is 12.0. The predicted molar refractivity (Wildman–Crippen MR) is 122 cm³/mol. The maximum Gasteiger partial charge on any atom is 0.340 e. The normalized spacial score (nSPS) is 13.6. The van der Waals surface area contributed by atoms with Crippen molar-refractivity contribution in [1.29, 1.82) is 0 Å². The Hall–Kier alpha value is -0.950. The van der Waals surface area contributed by atoms with Crippen molar-refractivity contribution >= 4 is 30.9 Å². The molecule has 0 aliphatic carbocycles. The first-order valence-corrected chi connectivity index (χ1v) is 12.5. The third kappa shape index (κ3) is 9.46. The molecule has 6 nitrogen and oxygen atoms in total. The minimum atomic E-state index is -3.49. The van der Waals surface area contributed by atoms with Gasteiger partial charge in [0.05, 0.1) is 19.8 Å². The molecule has 0 spiro atoms. The number of hydrogen-bond acceptors (Lipinski definition) is 4. The topological polar surface area (TPSA) is 74.0 Å². The number of rotatable bonds is 15. The largest absolute Gasteiger partial charge is 0.348 e. The highest BCUT2D eigenvalue weighted by molar-refractivity contribution is 7.53. The van der Waals surface area contributed by atoms with E-state index in [4.69, 9.17) is 42.7 Å². The van der Waals surface area contributed by atoms with Crippen LogP contribution in [0.2, 0.25) is 0 Å². The van der Waals surface area contributed by atoms with E-state index in [2.05, 4.69) is 0 Å². The van der Waals surface area contributed by atoms with E-state index < -0.39 is 14.0 Å². The van der Waals surface area contributed by atoms with Gasteiger partial charge in [-0.15, -0.1) is 23.2 Å². The van der Waals surface area contributed by atoms with Gasteiger partial charge in [0.15, 0.2) is 6.29 Å². The van der Waals surface area contributed by atoms with Crippen molar-refractivity contribution < 1.29 is 18.6 Å². The summed E-state index contributed by atoms with van der Waals surface area (Å²) in [6.45, 7) is 1.57. The molecule has 0 aliphatic heterocycles. The van der Waals surface area contributed by atoms with Gasteiger partial charge in [-0.25, -0.2) is 10.2 Å². The first-order chi connectivity index (χ1) is 14.5. The number of nitrogens with two attached hydrogens (primary N) is 1. The van der Waals surface area contributed by atoms with Gasteiger partial charge in [-0.1, -0.05) is 60.7 Å². The lowest BCUT2D eigenvalue weighted by atomic mass is 10.2. The minimum absolute atomic E-state index is 0.114. The molecular formula is C21H29Cl2N2O4P. The van der Waals surface area contributed by atoms with Gasteiger partial charge in [0.25, 0.3) is 0 Å². The van der Waals surface area contributed by atoms with E-state index in [0.717, 1.165) is 11.1 Å². The molecule has 2 N–H and O–H groups in total. The highest BCUT2D eigenvalue weighted by atomic mass is 35.5. The highest BCUT2D eigenvalue weighted by Gasteiger charge is 2.27. The lowest BCUT2D eigenvalue weighted by molar-refractivity contribution is -0.163. The molecule has 0 saturated carbocycles. The highest BCUT2D eigenvalue weighted by Crippen LogP contribution is 2.42. The molecule has 1 atom stereocenters. The average Bonchev–Trinajstić information content (AvgIpc) is 2.76. The molecule has 0 aromatic heterocycles. The number of halogens is 2. The average molecular weight is 475 g/mol. The molecule has 166 valence electrons. The summed E-state index contributed by atoms with van der Waals surface area (Å²) in [7, 11) is -3.49. The summed E-state index contributed by atoms with van der Waals surface area (Å²) in [6, 6.07) is 19.6. The van der Waals surface area contributed by atoms with Gasteiger partial charge >= 0.3 is 7.67 Å². The summed E-state index contributed by atoms with van der Waals surface area (Å²) < 4.78 is 31.6. The Morgan fingerprint density at radius 2 is 1.33 bits per heavy atom. The molecule has 2 rings (SSSR count). The standard InChI is InChI=1S/C21H29Cl2N2O4P/c22-12-14-25(15-13-23)30(24,26)29-16-11-21(27-17-19-7-3-1-4-8-19)28-18-20-9-5-2-6-10-20/h1-10,21H,11-18H2,(H2,24,26)/t30-/m1/s1. The molecule has 0 radical (unpaired) electrons. The van der Waals surface area contributed by atoms with Crippen molar-refractivity contribution in [3.63, 3.8) is 0 Å². The van der Waals surface area contributed by atoms with Crippen LogP contribution in [0.25, 0.3) is 0 Å². The second kappa shape index (κ2) is 14.2. The molecule has 2 aromatic rings. The van der Waals surface area contributed by atoms with Gasteiger partial charge < -0.3 is 14.0 Å². The lowest BCUT2D eigenvalue weighted by Gasteiger charge is -2.27. The van der Waals surface area contributed by atoms with Crippen LogP contribution in [0.3, 0.4) is 0 Å². The molecule has 0 amide bonds. The zero-order chi connectivity index (χ0) is 21.7. The van der Waals surface area contributed by atoms with Gasteiger partial charge in [-0.3, -0.25) is 4.57 Å². The summed E-state index contributed by atoms with van der Waals surface area (Å²) in [6.07, 6.45) is -0.170. The third-order valence-corrected chi connectivity index (χ3v) is 6.35. The van der Waals surface area contributed by atoms with E-state index in [1.807, 2.05) is 60.7 Å². The Morgan fingerprint density at radius 3 is 1.77 bits per heavy atom. The lowest BCUT2D eigenvalue weighted by Crippen LogP contribution is -2.30. The summed E-state index contributed by atoms with van der Waals surface area (Å²) in [4.78, 5) is 0. The molecule has 0 heterocycles. The van der Waals surface area contributed by atoms with Crippen LogP contribution in [-0.4, -0.2) is 42.4 Å². The zero-order valence-electron chi connectivity index (χ0n) is 16.9. The van der Waals surface area contributed by atoms with Crippen molar-refractivity contribution in [3.8, 4) is 0 Å². The number of hydrogen-bond donors (Lipinski definition) is 1. The van der Waals surface area contributed by atoms with E-state index >= 15 is 0 Å². The molecule has 2 aromatic carbocycles. The third-order valence-electron chi connectivity index (χ3n) is 4.27. The van der Waals surface area contributed by atoms with Gasteiger partial charge in [0.2, 0.25) is 0 Å². The Labute approximate surface area is 188 Å². The van der Waals surface area contributed by atoms with Gasteiger partial charge in [0, 0.05) is 31.3 Å². The second-order valence-electron chi connectivity index (χ2n) is 6.54. The van der Waals surface area contributed by atoms with Crippen molar-refractivity contribution in [3.05, 3.63) is 71.8 Å². The number of ether oxygens (including phenoxy) is 2. The maximum atomic E-state index is 12.7.